The second-order valence-corrected chi connectivity index (χ2v) is 4.98. The van der Waals surface area contributed by atoms with Crippen molar-refractivity contribution >= 4 is 0 Å². The van der Waals surface area contributed by atoms with Crippen LogP contribution >= 0.6 is 0 Å². The van der Waals surface area contributed by atoms with Gasteiger partial charge in [0, 0.05) is 12.0 Å². The zero-order chi connectivity index (χ0) is 10.8. The van der Waals surface area contributed by atoms with Crippen molar-refractivity contribution in [1.29, 1.82) is 0 Å². The Hall–Kier alpha value is -0.860. The molecule has 1 atom stereocenters. The van der Waals surface area contributed by atoms with Gasteiger partial charge >= 0.3 is 0 Å². The Bertz CT molecular complexity index is 354. The second kappa shape index (κ2) is 4.56. The van der Waals surface area contributed by atoms with Gasteiger partial charge in [-0.05, 0) is 36.9 Å². The third-order valence-corrected chi connectivity index (χ3v) is 3.70. The molecule has 3 rings (SSSR count). The summed E-state index contributed by atoms with van der Waals surface area (Å²) in [7, 11) is 0. The number of rotatable bonds is 3. The minimum absolute atomic E-state index is 0.650. The Morgan fingerprint density at radius 1 is 1.31 bits per heavy atom. The first-order valence-electron chi connectivity index (χ1n) is 6.32. The van der Waals surface area contributed by atoms with Gasteiger partial charge in [-0.25, -0.2) is 0 Å². The molecular weight excluding hydrogens is 198 g/mol. The highest BCUT2D eigenvalue weighted by Crippen LogP contribution is 2.25. The Kier molecular flexibility index (Phi) is 2.94. The minimum atomic E-state index is 0.650. The van der Waals surface area contributed by atoms with Crippen LogP contribution in [0.2, 0.25) is 0 Å². The van der Waals surface area contributed by atoms with Crippen LogP contribution < -0.4 is 5.32 Å². The number of nitrogens with one attached hydrogen (secondary N) is 1. The molecular formula is C14H19NO. The topological polar surface area (TPSA) is 21.3 Å². The summed E-state index contributed by atoms with van der Waals surface area (Å²) in [5.74, 6) is 0.650. The molecule has 0 radical (unpaired) electrons. The predicted octanol–water partition coefficient (Wildman–Crippen LogP) is 2.09. The van der Waals surface area contributed by atoms with E-state index < -0.39 is 0 Å². The minimum Gasteiger partial charge on any atom is -0.380 e. The fourth-order valence-corrected chi connectivity index (χ4v) is 2.62. The van der Waals surface area contributed by atoms with E-state index in [1.807, 2.05) is 0 Å². The highest BCUT2D eigenvalue weighted by Gasteiger charge is 2.21. The summed E-state index contributed by atoms with van der Waals surface area (Å²) in [5.41, 5.74) is 2.94. The van der Waals surface area contributed by atoms with Gasteiger partial charge in [-0.3, -0.25) is 0 Å². The van der Waals surface area contributed by atoms with Crippen molar-refractivity contribution in [2.45, 2.75) is 31.2 Å². The van der Waals surface area contributed by atoms with Gasteiger partial charge in [0.05, 0.1) is 13.2 Å². The monoisotopic (exact) mass is 217 g/mol. The average molecular weight is 217 g/mol. The lowest BCUT2D eigenvalue weighted by Crippen LogP contribution is -2.26. The molecule has 2 nitrogen and oxygen atoms in total. The van der Waals surface area contributed by atoms with Crippen molar-refractivity contribution < 1.29 is 4.74 Å². The SMILES string of the molecule is c1cc(CC2CCCN2)cc(C2COC2)c1. The van der Waals surface area contributed by atoms with E-state index in [-0.39, 0.29) is 0 Å². The van der Waals surface area contributed by atoms with Gasteiger partial charge in [-0.15, -0.1) is 0 Å². The molecule has 1 aromatic rings. The third kappa shape index (κ3) is 2.13. The fourth-order valence-electron chi connectivity index (χ4n) is 2.62. The smallest absolute Gasteiger partial charge is 0.0557 e. The fraction of sp³-hybridized carbons (Fsp3) is 0.571. The van der Waals surface area contributed by atoms with Gasteiger partial charge in [0.25, 0.3) is 0 Å². The van der Waals surface area contributed by atoms with Gasteiger partial charge in [0.2, 0.25) is 0 Å². The van der Waals surface area contributed by atoms with E-state index in [0.29, 0.717) is 12.0 Å². The molecule has 0 aromatic heterocycles. The summed E-state index contributed by atoms with van der Waals surface area (Å²) in [6.07, 6.45) is 3.85. The molecule has 0 bridgehead atoms. The lowest BCUT2D eigenvalue weighted by molar-refractivity contribution is 0.00840. The van der Waals surface area contributed by atoms with Gasteiger partial charge < -0.3 is 10.1 Å². The largest absolute Gasteiger partial charge is 0.380 e. The average Bonchev–Trinajstić information content (AvgIpc) is 2.68. The molecule has 0 amide bonds. The maximum Gasteiger partial charge on any atom is 0.0557 e. The quantitative estimate of drug-likeness (QED) is 0.837. The summed E-state index contributed by atoms with van der Waals surface area (Å²) >= 11 is 0. The lowest BCUT2D eigenvalue weighted by atomic mass is 9.94. The summed E-state index contributed by atoms with van der Waals surface area (Å²) in [4.78, 5) is 0. The number of hydrogen-bond acceptors (Lipinski definition) is 2. The molecule has 0 saturated carbocycles. The molecule has 16 heavy (non-hydrogen) atoms. The Balaban J connectivity index is 1.68. The zero-order valence-corrected chi connectivity index (χ0v) is 9.61. The number of ether oxygens (including phenoxy) is 1. The summed E-state index contributed by atoms with van der Waals surface area (Å²) in [6.45, 7) is 3.01. The molecule has 2 fully saturated rings. The standard InChI is InChI=1S/C14H19NO/c1-3-11(8-14-5-2-6-15-14)7-12(4-1)13-9-16-10-13/h1,3-4,7,13-15H,2,5-6,8-10H2. The van der Waals surface area contributed by atoms with E-state index in [4.69, 9.17) is 4.74 Å². The summed E-state index contributed by atoms with van der Waals surface area (Å²) in [6, 6.07) is 9.75. The van der Waals surface area contributed by atoms with Crippen LogP contribution in [0.4, 0.5) is 0 Å². The first-order chi connectivity index (χ1) is 7.92. The molecule has 1 aromatic carbocycles. The molecule has 2 saturated heterocycles. The van der Waals surface area contributed by atoms with Crippen molar-refractivity contribution in [3.63, 3.8) is 0 Å². The molecule has 86 valence electrons. The molecule has 0 spiro atoms. The van der Waals surface area contributed by atoms with Crippen LogP contribution in [0.5, 0.6) is 0 Å². The van der Waals surface area contributed by atoms with E-state index >= 15 is 0 Å². The normalized spacial score (nSPS) is 25.6. The van der Waals surface area contributed by atoms with E-state index in [2.05, 4.69) is 29.6 Å². The van der Waals surface area contributed by atoms with E-state index in [0.717, 1.165) is 13.2 Å². The van der Waals surface area contributed by atoms with E-state index in [1.54, 1.807) is 0 Å². The van der Waals surface area contributed by atoms with E-state index in [9.17, 15) is 0 Å². The number of hydrogen-bond donors (Lipinski definition) is 1. The van der Waals surface area contributed by atoms with Crippen LogP contribution in [0.15, 0.2) is 24.3 Å². The molecule has 0 aliphatic carbocycles. The second-order valence-electron chi connectivity index (χ2n) is 4.98. The van der Waals surface area contributed by atoms with Crippen molar-refractivity contribution in [2.24, 2.45) is 0 Å². The van der Waals surface area contributed by atoms with Crippen LogP contribution in [-0.4, -0.2) is 25.8 Å². The van der Waals surface area contributed by atoms with Crippen LogP contribution in [0, 0.1) is 0 Å². The predicted molar refractivity (Wildman–Crippen MR) is 64.7 cm³/mol. The molecule has 1 unspecified atom stereocenters. The van der Waals surface area contributed by atoms with E-state index in [1.165, 1.54) is 36.9 Å². The van der Waals surface area contributed by atoms with Crippen molar-refractivity contribution in [2.75, 3.05) is 19.8 Å². The van der Waals surface area contributed by atoms with Gasteiger partial charge in [0.15, 0.2) is 0 Å². The van der Waals surface area contributed by atoms with Gasteiger partial charge in [-0.2, -0.15) is 0 Å². The maximum atomic E-state index is 5.25. The highest BCUT2D eigenvalue weighted by molar-refractivity contribution is 5.28. The number of benzene rings is 1. The van der Waals surface area contributed by atoms with Crippen LogP contribution in [0.3, 0.4) is 0 Å². The first-order valence-corrected chi connectivity index (χ1v) is 6.32. The molecule has 2 aliphatic heterocycles. The van der Waals surface area contributed by atoms with Crippen molar-refractivity contribution in [3.8, 4) is 0 Å². The lowest BCUT2D eigenvalue weighted by Gasteiger charge is -2.26. The maximum absolute atomic E-state index is 5.25. The molecule has 2 heterocycles. The Labute approximate surface area is 97.0 Å². The van der Waals surface area contributed by atoms with Crippen LogP contribution in [-0.2, 0) is 11.2 Å². The van der Waals surface area contributed by atoms with Crippen LogP contribution in [0.1, 0.15) is 29.9 Å². The van der Waals surface area contributed by atoms with Crippen molar-refractivity contribution in [1.82, 2.24) is 5.32 Å². The first kappa shape index (κ1) is 10.3. The van der Waals surface area contributed by atoms with Crippen LogP contribution in [0.25, 0.3) is 0 Å². The third-order valence-electron chi connectivity index (χ3n) is 3.70. The van der Waals surface area contributed by atoms with Gasteiger partial charge in [-0.1, -0.05) is 24.3 Å². The Morgan fingerprint density at radius 3 is 2.94 bits per heavy atom. The molecule has 2 heteroatoms. The summed E-state index contributed by atoms with van der Waals surface area (Å²) in [5, 5.41) is 3.56. The van der Waals surface area contributed by atoms with Gasteiger partial charge in [0.1, 0.15) is 0 Å². The van der Waals surface area contributed by atoms with Crippen molar-refractivity contribution in [3.05, 3.63) is 35.4 Å². The highest BCUT2D eigenvalue weighted by atomic mass is 16.5. The Morgan fingerprint density at radius 2 is 2.25 bits per heavy atom. The molecule has 2 aliphatic rings. The summed E-state index contributed by atoms with van der Waals surface area (Å²) < 4.78 is 5.25. The zero-order valence-electron chi connectivity index (χ0n) is 9.61. The molecule has 1 N–H and O–H groups in total.